The summed E-state index contributed by atoms with van der Waals surface area (Å²) in [6, 6.07) is 1.50. The number of carboxylic acids is 1. The van der Waals surface area contributed by atoms with E-state index in [1.54, 1.807) is 0 Å². The summed E-state index contributed by atoms with van der Waals surface area (Å²) in [5, 5.41) is 20.4. The number of aryl methyl sites for hydroxylation is 1. The Morgan fingerprint density at radius 2 is 2.18 bits per heavy atom. The molecular formula is C11H15NO5. The van der Waals surface area contributed by atoms with E-state index < -0.39 is 17.5 Å². The highest BCUT2D eigenvalue weighted by molar-refractivity contribution is 5.95. The van der Waals surface area contributed by atoms with Gasteiger partial charge < -0.3 is 19.9 Å². The van der Waals surface area contributed by atoms with E-state index in [1.165, 1.54) is 12.3 Å². The van der Waals surface area contributed by atoms with E-state index >= 15 is 0 Å². The molecule has 0 aromatic carbocycles. The minimum Gasteiger partial charge on any atom is -0.479 e. The standard InChI is InChI=1S/C11H15NO5/c1-3-8-7(4-5-17-8)9(13)12-6-11(2,16)10(14)15/h4-5,16H,3,6H2,1-2H3,(H,12,13)(H,14,15). The number of hydrogen-bond donors (Lipinski definition) is 3. The fourth-order valence-electron chi connectivity index (χ4n) is 1.24. The first-order chi connectivity index (χ1) is 7.88. The number of furan rings is 1. The number of aliphatic hydroxyl groups is 1. The predicted octanol–water partition coefficient (Wildman–Crippen LogP) is 0.407. The summed E-state index contributed by atoms with van der Waals surface area (Å²) >= 11 is 0. The van der Waals surface area contributed by atoms with E-state index in [4.69, 9.17) is 9.52 Å². The molecule has 6 heteroatoms. The Kier molecular flexibility index (Phi) is 3.90. The molecule has 0 aliphatic carbocycles. The molecule has 1 unspecified atom stereocenters. The number of amides is 1. The van der Waals surface area contributed by atoms with E-state index in [1.807, 2.05) is 6.92 Å². The molecule has 3 N–H and O–H groups in total. The van der Waals surface area contributed by atoms with E-state index in [-0.39, 0.29) is 6.54 Å². The van der Waals surface area contributed by atoms with Crippen molar-refractivity contribution in [3.8, 4) is 0 Å². The average molecular weight is 241 g/mol. The zero-order chi connectivity index (χ0) is 13.1. The third-order valence-electron chi connectivity index (χ3n) is 2.37. The summed E-state index contributed by atoms with van der Waals surface area (Å²) in [6.07, 6.45) is 1.95. The molecule has 1 atom stereocenters. The van der Waals surface area contributed by atoms with Crippen LogP contribution in [0.1, 0.15) is 30.0 Å². The van der Waals surface area contributed by atoms with Crippen LogP contribution in [0.25, 0.3) is 0 Å². The Morgan fingerprint density at radius 3 is 2.71 bits per heavy atom. The Balaban J connectivity index is 2.65. The highest BCUT2D eigenvalue weighted by Gasteiger charge is 2.30. The van der Waals surface area contributed by atoms with Crippen LogP contribution in [-0.2, 0) is 11.2 Å². The number of carbonyl (C=O) groups is 2. The number of carbonyl (C=O) groups excluding carboxylic acids is 1. The van der Waals surface area contributed by atoms with Crippen LogP contribution in [0.3, 0.4) is 0 Å². The monoisotopic (exact) mass is 241 g/mol. The van der Waals surface area contributed by atoms with Crippen LogP contribution in [0.4, 0.5) is 0 Å². The van der Waals surface area contributed by atoms with Crippen LogP contribution >= 0.6 is 0 Å². The van der Waals surface area contributed by atoms with Crippen molar-refractivity contribution in [2.75, 3.05) is 6.54 Å². The van der Waals surface area contributed by atoms with Gasteiger partial charge in [-0.3, -0.25) is 4.79 Å². The molecule has 1 aromatic heterocycles. The summed E-state index contributed by atoms with van der Waals surface area (Å²) in [6.45, 7) is 2.59. The van der Waals surface area contributed by atoms with Crippen LogP contribution in [0, 0.1) is 0 Å². The zero-order valence-corrected chi connectivity index (χ0v) is 9.69. The first kappa shape index (κ1) is 13.2. The van der Waals surface area contributed by atoms with Gasteiger partial charge in [-0.1, -0.05) is 6.92 Å². The van der Waals surface area contributed by atoms with Gasteiger partial charge in [0.05, 0.1) is 18.4 Å². The molecular weight excluding hydrogens is 226 g/mol. The lowest BCUT2D eigenvalue weighted by atomic mass is 10.1. The van der Waals surface area contributed by atoms with Gasteiger partial charge in [0.2, 0.25) is 0 Å². The van der Waals surface area contributed by atoms with Gasteiger partial charge in [-0.15, -0.1) is 0 Å². The van der Waals surface area contributed by atoms with Gasteiger partial charge in [-0.2, -0.15) is 0 Å². The lowest BCUT2D eigenvalue weighted by Crippen LogP contribution is -2.46. The minimum atomic E-state index is -1.98. The third-order valence-corrected chi connectivity index (χ3v) is 2.37. The maximum absolute atomic E-state index is 11.7. The van der Waals surface area contributed by atoms with Gasteiger partial charge in [0.1, 0.15) is 5.76 Å². The van der Waals surface area contributed by atoms with E-state index in [0.717, 1.165) is 6.92 Å². The summed E-state index contributed by atoms with van der Waals surface area (Å²) in [5.74, 6) is -1.32. The van der Waals surface area contributed by atoms with Gasteiger partial charge in [0, 0.05) is 6.42 Å². The number of carboxylic acid groups (broad SMARTS) is 1. The second-order valence-electron chi connectivity index (χ2n) is 3.87. The third kappa shape index (κ3) is 3.07. The van der Waals surface area contributed by atoms with Crippen molar-refractivity contribution in [2.45, 2.75) is 25.9 Å². The predicted molar refractivity (Wildman–Crippen MR) is 58.7 cm³/mol. The summed E-state index contributed by atoms with van der Waals surface area (Å²) in [4.78, 5) is 22.3. The van der Waals surface area contributed by atoms with Gasteiger partial charge in [-0.05, 0) is 13.0 Å². The van der Waals surface area contributed by atoms with Crippen molar-refractivity contribution in [3.63, 3.8) is 0 Å². The van der Waals surface area contributed by atoms with E-state index in [9.17, 15) is 14.7 Å². The molecule has 1 rings (SSSR count). The molecule has 0 spiro atoms. The van der Waals surface area contributed by atoms with Gasteiger partial charge in [-0.25, -0.2) is 4.79 Å². The minimum absolute atomic E-state index is 0.355. The molecule has 1 amide bonds. The largest absolute Gasteiger partial charge is 0.479 e. The van der Waals surface area contributed by atoms with Gasteiger partial charge in [0.15, 0.2) is 5.60 Å². The number of aliphatic carboxylic acids is 1. The van der Waals surface area contributed by atoms with Gasteiger partial charge >= 0.3 is 5.97 Å². The second-order valence-corrected chi connectivity index (χ2v) is 3.87. The van der Waals surface area contributed by atoms with Crippen molar-refractivity contribution in [3.05, 3.63) is 23.7 Å². The summed E-state index contributed by atoms with van der Waals surface area (Å²) in [7, 11) is 0. The molecule has 0 saturated carbocycles. The number of rotatable bonds is 5. The molecule has 17 heavy (non-hydrogen) atoms. The highest BCUT2D eigenvalue weighted by atomic mass is 16.4. The summed E-state index contributed by atoms with van der Waals surface area (Å²) in [5.41, 5.74) is -1.63. The van der Waals surface area contributed by atoms with Crippen LogP contribution < -0.4 is 5.32 Å². The van der Waals surface area contributed by atoms with Crippen LogP contribution in [0.5, 0.6) is 0 Å². The smallest absolute Gasteiger partial charge is 0.337 e. The molecule has 0 saturated heterocycles. The maximum Gasteiger partial charge on any atom is 0.337 e. The van der Waals surface area contributed by atoms with Crippen molar-refractivity contribution >= 4 is 11.9 Å². The van der Waals surface area contributed by atoms with Crippen molar-refractivity contribution in [1.82, 2.24) is 5.32 Å². The molecule has 1 heterocycles. The average Bonchev–Trinajstić information content (AvgIpc) is 2.73. The Bertz CT molecular complexity index is 421. The van der Waals surface area contributed by atoms with E-state index in [2.05, 4.69) is 5.32 Å². The first-order valence-electron chi connectivity index (χ1n) is 5.19. The second kappa shape index (κ2) is 5.01. The Hall–Kier alpha value is -1.82. The molecule has 0 fully saturated rings. The van der Waals surface area contributed by atoms with Crippen LogP contribution in [0.15, 0.2) is 16.7 Å². The highest BCUT2D eigenvalue weighted by Crippen LogP contribution is 2.11. The van der Waals surface area contributed by atoms with Gasteiger partial charge in [0.25, 0.3) is 5.91 Å². The SMILES string of the molecule is CCc1occc1C(=O)NCC(C)(O)C(=O)O. The molecule has 0 aliphatic rings. The van der Waals surface area contributed by atoms with Crippen LogP contribution in [0.2, 0.25) is 0 Å². The topological polar surface area (TPSA) is 99.8 Å². The first-order valence-corrected chi connectivity index (χ1v) is 5.19. The summed E-state index contributed by atoms with van der Waals surface area (Å²) < 4.78 is 5.07. The lowest BCUT2D eigenvalue weighted by molar-refractivity contribution is -0.155. The number of hydrogen-bond acceptors (Lipinski definition) is 4. The van der Waals surface area contributed by atoms with Crippen molar-refractivity contribution < 1.29 is 24.2 Å². The number of nitrogens with one attached hydrogen (secondary N) is 1. The molecule has 0 bridgehead atoms. The molecule has 1 aromatic rings. The maximum atomic E-state index is 11.7. The normalized spacial score (nSPS) is 14.1. The Labute approximate surface area is 98.2 Å². The Morgan fingerprint density at radius 1 is 1.53 bits per heavy atom. The van der Waals surface area contributed by atoms with Crippen molar-refractivity contribution in [1.29, 1.82) is 0 Å². The van der Waals surface area contributed by atoms with Crippen LogP contribution in [-0.4, -0.2) is 34.2 Å². The fourth-order valence-corrected chi connectivity index (χ4v) is 1.24. The van der Waals surface area contributed by atoms with E-state index in [0.29, 0.717) is 17.7 Å². The molecule has 6 nitrogen and oxygen atoms in total. The lowest BCUT2D eigenvalue weighted by Gasteiger charge is -2.18. The molecule has 94 valence electrons. The zero-order valence-electron chi connectivity index (χ0n) is 9.69. The molecule has 0 radical (unpaired) electrons. The van der Waals surface area contributed by atoms with Crippen molar-refractivity contribution in [2.24, 2.45) is 0 Å². The molecule has 0 aliphatic heterocycles. The quantitative estimate of drug-likeness (QED) is 0.693. The fraction of sp³-hybridized carbons (Fsp3) is 0.455.